The average molecular weight is 1840 g/mol. The highest BCUT2D eigenvalue weighted by atomic mass is 35.5. The molecule has 0 fully saturated rings. The summed E-state index contributed by atoms with van der Waals surface area (Å²) in [4.78, 5) is 96.4. The molecule has 12 aromatic heterocycles. The number of nitrogens with zero attached hydrogens (tertiary/aromatic N) is 17. The first-order chi connectivity index (χ1) is 63.3. The summed E-state index contributed by atoms with van der Waals surface area (Å²) in [6, 6.07) is 35.6. The first-order valence-electron chi connectivity index (χ1n) is 41.7. The van der Waals surface area contributed by atoms with Gasteiger partial charge in [0.15, 0.2) is 29.6 Å². The molecular weight excluding hydrogens is 1740 g/mol. The van der Waals surface area contributed by atoms with Crippen molar-refractivity contribution in [1.29, 1.82) is 0 Å². The first-order valence-corrected chi connectivity index (χ1v) is 42.1. The molecule has 0 N–H and O–H groups in total. The van der Waals surface area contributed by atoms with Crippen LogP contribution in [0.15, 0.2) is 128 Å². The molecule has 0 aliphatic carbocycles. The molecule has 0 bridgehead atoms. The zero-order chi connectivity index (χ0) is 96.0. The van der Waals surface area contributed by atoms with E-state index in [0.29, 0.717) is 126 Å². The van der Waals surface area contributed by atoms with E-state index in [4.69, 9.17) is 74.4 Å². The van der Waals surface area contributed by atoms with Crippen LogP contribution in [-0.4, -0.2) is 215 Å². The Balaban J connectivity index is 0.000000161. The van der Waals surface area contributed by atoms with Crippen LogP contribution >= 0.6 is 11.6 Å². The maximum atomic E-state index is 13.1. The van der Waals surface area contributed by atoms with Gasteiger partial charge in [0.2, 0.25) is 0 Å². The van der Waals surface area contributed by atoms with Crippen molar-refractivity contribution < 1.29 is 93.3 Å². The summed E-state index contributed by atoms with van der Waals surface area (Å²) in [7, 11) is 21.9. The van der Waals surface area contributed by atoms with E-state index >= 15 is 0 Å². The maximum absolute atomic E-state index is 13.1. The van der Waals surface area contributed by atoms with Crippen molar-refractivity contribution in [3.63, 3.8) is 0 Å². The number of carbonyl (C=O) groups excluding carboxylic acids is 5. The van der Waals surface area contributed by atoms with E-state index in [1.54, 1.807) is 94.1 Å². The zero-order valence-electron chi connectivity index (χ0n) is 76.8. The lowest BCUT2D eigenvalue weighted by Gasteiger charge is -2.23. The Labute approximate surface area is 760 Å². The van der Waals surface area contributed by atoms with E-state index in [2.05, 4.69) is 67.0 Å². The van der Waals surface area contributed by atoms with Crippen LogP contribution in [0.1, 0.15) is 118 Å². The lowest BCUT2D eigenvalue weighted by molar-refractivity contribution is -0.249. The van der Waals surface area contributed by atoms with E-state index in [0.717, 1.165) is 108 Å². The monoisotopic (exact) mass is 1840 g/mol. The van der Waals surface area contributed by atoms with Crippen LogP contribution in [0, 0.1) is 0 Å². The van der Waals surface area contributed by atoms with Gasteiger partial charge in [0.25, 0.3) is 6.43 Å². The van der Waals surface area contributed by atoms with Crippen LogP contribution in [0.25, 0.3) is 140 Å². The Hall–Kier alpha value is -14.2. The Kier molecular flexibility index (Phi) is 32.1. The van der Waals surface area contributed by atoms with Crippen molar-refractivity contribution in [2.45, 2.75) is 86.9 Å². The number of pyridine rings is 4. The van der Waals surface area contributed by atoms with Crippen molar-refractivity contribution in [3.05, 3.63) is 172 Å². The van der Waals surface area contributed by atoms with Crippen LogP contribution in [0.5, 0.6) is 23.0 Å². The van der Waals surface area contributed by atoms with Crippen LogP contribution < -0.4 is 18.9 Å². The number of rotatable bonds is 25. The van der Waals surface area contributed by atoms with E-state index in [1.807, 2.05) is 119 Å². The number of alkyl halides is 5. The van der Waals surface area contributed by atoms with Crippen LogP contribution in [-0.2, 0) is 82.8 Å². The number of hydrogen-bond donors (Lipinski definition) is 0. The van der Waals surface area contributed by atoms with Crippen molar-refractivity contribution >= 4 is 136 Å². The van der Waals surface area contributed by atoms with Crippen molar-refractivity contribution in [2.75, 3.05) is 97.4 Å². The number of methoxy groups -OCH3 is 10. The lowest BCUT2D eigenvalue weighted by atomic mass is 10.2. The summed E-state index contributed by atoms with van der Waals surface area (Å²) >= 11 is 6.09. The number of benzene rings is 4. The first kappa shape index (κ1) is 98.4. The van der Waals surface area contributed by atoms with Gasteiger partial charge < -0.3 is 83.9 Å². The summed E-state index contributed by atoms with van der Waals surface area (Å²) in [6.07, 6.45) is -3.23. The molecule has 16 aromatic rings. The molecule has 0 radical (unpaired) electrons. The average Bonchev–Trinajstić information content (AvgIpc) is 1.64. The normalized spacial score (nSPS) is 11.3. The number of aryl methyl sites for hydroxylation is 8. The highest BCUT2D eigenvalue weighted by Crippen LogP contribution is 2.41. The standard InChI is InChI=1S/C22H22N4O3.C21H20F2N4O3.C21H20N4O4.C20H19ClN4O3.C7H14F3NO2.C3H8/c1-6-15-9-8-13-11-17(26(7-2)20(13)23-15)21-24-16-10-14(22(27)29-5)12-18(28-4)19(16)25(21)3;1-5-27-15(9-11-6-7-13(18(22)23)24-19(11)27)20-25-14-8-12(21(28)30-4)10-16(29-3)17(14)26(20)2;1-5-25-16(9-12-6-7-14(11-26)22-19(12)25)20-23-15-8-13(21(27)29-4)10-17(28-3)18(15)24(20)2;1-5-25-14(9-11-6-7-16(21)23-18(11)25)19-22-13-8-12(20(26)28-4)10-15(27-3)17(13)24(19)2;1-12-5-3-11(4-6-13-2)7(8,9)10;1-3-2/h6,8-12H,1,7H2,2-5H3;6-10,18H,5H2,1-4H3;6-11H,5H2,1-4H3;6-10H,5H2,1-4H3;3-6H2,1-2H3;3H2,1-2H3. The Morgan fingerprint density at radius 3 is 0.955 bits per heavy atom. The van der Waals surface area contributed by atoms with Crippen LogP contribution in [0.4, 0.5) is 22.0 Å². The van der Waals surface area contributed by atoms with Gasteiger partial charge >= 0.3 is 30.2 Å². The van der Waals surface area contributed by atoms with Gasteiger partial charge in [-0.2, -0.15) is 13.2 Å². The topological polar surface area (TPSA) is 323 Å². The smallest absolute Gasteiger partial charge is 0.460 e. The second kappa shape index (κ2) is 43.0. The lowest BCUT2D eigenvalue weighted by Crippen LogP contribution is -2.42. The third kappa shape index (κ3) is 20.1. The number of imidazole rings is 4. The molecule has 0 saturated carbocycles. The van der Waals surface area contributed by atoms with Gasteiger partial charge in [-0.05, 0) is 155 Å². The number of hydrogen-bond acceptors (Lipinski definition) is 24. The maximum Gasteiger partial charge on any atom is 0.460 e. The molecule has 0 spiro atoms. The molecule has 32 nitrogen and oxygen atoms in total. The summed E-state index contributed by atoms with van der Waals surface area (Å²) in [5.74, 6) is 3.13. The predicted molar refractivity (Wildman–Crippen MR) is 495 cm³/mol. The summed E-state index contributed by atoms with van der Waals surface area (Å²) < 4.78 is 129. The fourth-order valence-corrected chi connectivity index (χ4v) is 15.5. The largest absolute Gasteiger partial charge is 0.494 e. The molecule has 12 heterocycles. The number of esters is 4. The number of carbonyl (C=O) groups is 5. The minimum atomic E-state index is -4.31. The minimum Gasteiger partial charge on any atom is -0.494 e. The molecule has 38 heteroatoms. The number of aromatic nitrogens is 16. The molecule has 0 aliphatic heterocycles. The van der Waals surface area contributed by atoms with E-state index in [-0.39, 0.29) is 32.0 Å². The SMILES string of the molecule is C=Cc1ccc2cc(-c3nc4cc(C(=O)OC)cc(OC)c4n3C)n(CC)c2n1.CCC.CCn1c(-c2nc3cc(C(=O)OC)cc(OC)c3n2C)cc2ccc(C(F)F)nc21.CCn1c(-c2nc3cc(C(=O)OC)cc(OC)c3n2C)cc2ccc(C=O)nc21.CCn1c(-c2nc3cc(C(=O)OC)cc(OC)c3n2C)cc2ccc(Cl)nc21.COCCN(CCOC)C(F)(F)F. The summed E-state index contributed by atoms with van der Waals surface area (Å²) in [6.45, 7) is 18.5. The van der Waals surface area contributed by atoms with E-state index in [1.165, 1.54) is 62.3 Å². The van der Waals surface area contributed by atoms with Crippen LogP contribution in [0.3, 0.4) is 0 Å². The van der Waals surface area contributed by atoms with Gasteiger partial charge in [-0.3, -0.25) is 4.79 Å². The third-order valence-electron chi connectivity index (χ3n) is 21.5. The zero-order valence-corrected chi connectivity index (χ0v) is 77.6. The molecule has 16 rings (SSSR count). The highest BCUT2D eigenvalue weighted by molar-refractivity contribution is 6.29. The molecule has 132 heavy (non-hydrogen) atoms. The van der Waals surface area contributed by atoms with Gasteiger partial charge in [0.05, 0.1) is 143 Å². The van der Waals surface area contributed by atoms with Crippen LogP contribution in [0.2, 0.25) is 5.15 Å². The van der Waals surface area contributed by atoms with Crippen molar-refractivity contribution in [1.82, 2.24) is 81.3 Å². The van der Waals surface area contributed by atoms with Crippen molar-refractivity contribution in [3.8, 4) is 69.1 Å². The van der Waals surface area contributed by atoms with E-state index in [9.17, 15) is 45.9 Å². The fraction of sp³-hybridized carbons (Fsp3) is 0.330. The van der Waals surface area contributed by atoms with Gasteiger partial charge in [-0.25, -0.2) is 72.7 Å². The number of ether oxygens (including phenoxy) is 10. The molecule has 0 amide bonds. The van der Waals surface area contributed by atoms with Crippen molar-refractivity contribution in [2.24, 2.45) is 28.2 Å². The molecule has 0 atom stereocenters. The Bertz CT molecular complexity index is 6750. The predicted octanol–water partition coefficient (Wildman–Crippen LogP) is 18.2. The molecule has 0 unspecified atom stereocenters. The molecular formula is C94H103ClF5N17O15. The molecule has 696 valence electrons. The fourth-order valence-electron chi connectivity index (χ4n) is 15.3. The van der Waals surface area contributed by atoms with E-state index < -0.39 is 36.6 Å². The number of aldehydes is 1. The van der Waals surface area contributed by atoms with Gasteiger partial charge in [-0.15, -0.1) is 0 Å². The summed E-state index contributed by atoms with van der Waals surface area (Å²) in [5.41, 5.74) is 14.3. The molecule has 0 aliphatic rings. The molecule has 0 saturated heterocycles. The summed E-state index contributed by atoms with van der Waals surface area (Å²) in [5, 5.41) is 4.12. The van der Waals surface area contributed by atoms with Gasteiger partial charge in [0.1, 0.15) is 84.2 Å². The Morgan fingerprint density at radius 2 is 0.689 bits per heavy atom. The number of halogens is 6. The minimum absolute atomic E-state index is 0.0588. The second-order valence-electron chi connectivity index (χ2n) is 29.5. The highest BCUT2D eigenvalue weighted by Gasteiger charge is 2.37. The second-order valence-corrected chi connectivity index (χ2v) is 29.9. The van der Waals surface area contributed by atoms with Gasteiger partial charge in [-0.1, -0.05) is 38.4 Å². The quantitative estimate of drug-likeness (QED) is 0.0128. The van der Waals surface area contributed by atoms with Gasteiger partial charge in [0, 0.05) is 103 Å². The number of fused-ring (bicyclic) bond motifs is 8. The molecule has 4 aromatic carbocycles. The third-order valence-corrected chi connectivity index (χ3v) is 21.7. The Morgan fingerprint density at radius 1 is 0.409 bits per heavy atom.